The van der Waals surface area contributed by atoms with E-state index in [-0.39, 0.29) is 29.6 Å². The van der Waals surface area contributed by atoms with Gasteiger partial charge in [-0.15, -0.1) is 0 Å². The second-order valence-electron chi connectivity index (χ2n) is 11.6. The third-order valence-electron chi connectivity index (χ3n) is 8.46. The fourth-order valence-corrected chi connectivity index (χ4v) is 5.97. The van der Waals surface area contributed by atoms with Crippen molar-refractivity contribution >= 4 is 23.2 Å². The summed E-state index contributed by atoms with van der Waals surface area (Å²) in [4.78, 5) is 30.7. The molecule has 6 rings (SSSR count). The smallest absolute Gasteiger partial charge is 0.277 e. The summed E-state index contributed by atoms with van der Waals surface area (Å²) in [5.41, 5.74) is 11.2. The van der Waals surface area contributed by atoms with E-state index in [4.69, 9.17) is 15.0 Å². The number of anilines is 2. The molecule has 2 heterocycles. The van der Waals surface area contributed by atoms with Crippen molar-refractivity contribution < 1.29 is 18.8 Å². The van der Waals surface area contributed by atoms with Crippen molar-refractivity contribution in [3.05, 3.63) is 65.5 Å². The lowest BCUT2D eigenvalue weighted by Gasteiger charge is -2.36. The third-order valence-corrected chi connectivity index (χ3v) is 8.46. The highest BCUT2D eigenvalue weighted by molar-refractivity contribution is 6.05. The van der Waals surface area contributed by atoms with Crippen LogP contribution < -0.4 is 16.0 Å². The largest absolute Gasteiger partial charge is 0.378 e. The molecule has 0 bridgehead atoms. The molecule has 3 aliphatic rings. The number of rotatable bonds is 8. The van der Waals surface area contributed by atoms with Gasteiger partial charge in [0.15, 0.2) is 5.69 Å². The van der Waals surface area contributed by atoms with E-state index in [1.807, 2.05) is 12.1 Å². The molecular weight excluding hydrogens is 518 g/mol. The Labute approximate surface area is 241 Å². The van der Waals surface area contributed by atoms with Crippen LogP contribution in [-0.4, -0.2) is 60.3 Å². The Balaban J connectivity index is 1.27. The van der Waals surface area contributed by atoms with Crippen LogP contribution in [0.1, 0.15) is 60.3 Å². The molecule has 41 heavy (non-hydrogen) atoms. The molecule has 2 aromatic carbocycles. The molecule has 0 radical (unpaired) electrons. The van der Waals surface area contributed by atoms with Gasteiger partial charge in [0.25, 0.3) is 5.91 Å². The second kappa shape index (κ2) is 12.0. The van der Waals surface area contributed by atoms with Crippen molar-refractivity contribution in [1.82, 2.24) is 10.1 Å². The highest BCUT2D eigenvalue weighted by atomic mass is 16.5. The van der Waals surface area contributed by atoms with E-state index in [9.17, 15) is 9.59 Å². The van der Waals surface area contributed by atoms with Crippen molar-refractivity contribution in [2.24, 2.45) is 11.7 Å². The van der Waals surface area contributed by atoms with Crippen molar-refractivity contribution in [2.75, 3.05) is 36.5 Å². The zero-order valence-electron chi connectivity index (χ0n) is 23.7. The van der Waals surface area contributed by atoms with Crippen LogP contribution in [-0.2, 0) is 16.1 Å². The monoisotopic (exact) mass is 557 g/mol. The minimum absolute atomic E-state index is 0.182. The first-order valence-electron chi connectivity index (χ1n) is 14.8. The van der Waals surface area contributed by atoms with Crippen LogP contribution in [0, 0.1) is 12.8 Å². The van der Waals surface area contributed by atoms with Gasteiger partial charge in [-0.25, -0.2) is 0 Å². The molecule has 9 heteroatoms. The summed E-state index contributed by atoms with van der Waals surface area (Å²) in [6.07, 6.45) is 5.87. The zero-order chi connectivity index (χ0) is 28.3. The van der Waals surface area contributed by atoms with Gasteiger partial charge in [0.1, 0.15) is 5.76 Å². The highest BCUT2D eigenvalue weighted by Gasteiger charge is 2.37. The second-order valence-corrected chi connectivity index (χ2v) is 11.6. The third kappa shape index (κ3) is 6.47. The SMILES string of the molecule is Cc1cc(C(=O)Nc2cc(-c3cccc(CN(C(=O)C4CC4)C4CCC(N)CC4)c3)ccc2N2CCOCC2)no1. The van der Waals surface area contributed by atoms with Gasteiger partial charge in [-0.05, 0) is 80.3 Å². The number of nitrogens with zero attached hydrogens (tertiary/aromatic N) is 3. The van der Waals surface area contributed by atoms with Gasteiger partial charge in [0.2, 0.25) is 5.91 Å². The van der Waals surface area contributed by atoms with Crippen LogP contribution in [0.4, 0.5) is 11.4 Å². The summed E-state index contributed by atoms with van der Waals surface area (Å²) in [5, 5.41) is 6.96. The first-order chi connectivity index (χ1) is 19.9. The predicted molar refractivity (Wildman–Crippen MR) is 158 cm³/mol. The standard InChI is InChI=1S/C32H39N5O4/c1-21-17-29(35-41-21)31(38)34-28-19-25(7-12-30(28)36-13-15-40-16-14-36)24-4-2-3-22(18-24)20-37(32(39)23-5-6-23)27-10-8-26(33)9-11-27/h2-4,7,12,17-19,23,26-27H,5-6,8-11,13-16,20,33H2,1H3,(H,34,38). The minimum atomic E-state index is -0.316. The maximum atomic E-state index is 13.3. The molecule has 3 aromatic rings. The number of hydrogen-bond donors (Lipinski definition) is 2. The predicted octanol–water partition coefficient (Wildman–Crippen LogP) is 4.75. The molecule has 2 aliphatic carbocycles. The molecule has 1 saturated heterocycles. The zero-order valence-corrected chi connectivity index (χ0v) is 23.7. The molecule has 0 unspecified atom stereocenters. The molecule has 0 spiro atoms. The number of morpholine rings is 1. The maximum Gasteiger partial charge on any atom is 0.277 e. The van der Waals surface area contributed by atoms with Crippen molar-refractivity contribution in [3.8, 4) is 11.1 Å². The van der Waals surface area contributed by atoms with Gasteiger partial charge in [0.05, 0.1) is 24.6 Å². The number of ether oxygens (including phenoxy) is 1. The van der Waals surface area contributed by atoms with Gasteiger partial charge in [-0.1, -0.05) is 29.4 Å². The van der Waals surface area contributed by atoms with Gasteiger partial charge in [-0.2, -0.15) is 0 Å². The van der Waals surface area contributed by atoms with E-state index in [0.717, 1.165) is 74.0 Å². The molecule has 3 N–H and O–H groups in total. The van der Waals surface area contributed by atoms with E-state index in [1.165, 1.54) is 0 Å². The number of hydrogen-bond acceptors (Lipinski definition) is 7. The first-order valence-corrected chi connectivity index (χ1v) is 14.8. The number of benzene rings is 2. The summed E-state index contributed by atoms with van der Waals surface area (Å²) in [5.74, 6) is 0.739. The molecule has 0 atom stereocenters. The Morgan fingerprint density at radius 2 is 1.76 bits per heavy atom. The highest BCUT2D eigenvalue weighted by Crippen LogP contribution is 2.36. The van der Waals surface area contributed by atoms with E-state index >= 15 is 0 Å². The summed E-state index contributed by atoms with van der Waals surface area (Å²) < 4.78 is 10.7. The van der Waals surface area contributed by atoms with Crippen LogP contribution in [0.2, 0.25) is 0 Å². The lowest BCUT2D eigenvalue weighted by Crippen LogP contribution is -2.44. The Morgan fingerprint density at radius 1 is 1.00 bits per heavy atom. The number of aryl methyl sites for hydroxylation is 1. The van der Waals surface area contributed by atoms with E-state index < -0.39 is 0 Å². The minimum Gasteiger partial charge on any atom is -0.378 e. The number of carbonyl (C=O) groups excluding carboxylic acids is 2. The quantitative estimate of drug-likeness (QED) is 0.411. The fraction of sp³-hybridized carbons (Fsp3) is 0.469. The van der Waals surface area contributed by atoms with Crippen LogP contribution in [0.15, 0.2) is 53.1 Å². The summed E-state index contributed by atoms with van der Waals surface area (Å²) in [6, 6.07) is 16.7. The van der Waals surface area contributed by atoms with Crippen LogP contribution in [0.5, 0.6) is 0 Å². The van der Waals surface area contributed by atoms with Gasteiger partial charge in [0, 0.05) is 43.7 Å². The molecule has 2 amide bonds. The van der Waals surface area contributed by atoms with E-state index in [1.54, 1.807) is 13.0 Å². The van der Waals surface area contributed by atoms with E-state index in [0.29, 0.717) is 37.1 Å². The number of carbonyl (C=O) groups is 2. The first kappa shape index (κ1) is 27.5. The number of aromatic nitrogens is 1. The molecule has 2 saturated carbocycles. The Bertz CT molecular complexity index is 1390. The molecule has 1 aromatic heterocycles. The van der Waals surface area contributed by atoms with Gasteiger partial charge < -0.3 is 30.1 Å². The van der Waals surface area contributed by atoms with Crippen LogP contribution >= 0.6 is 0 Å². The Morgan fingerprint density at radius 3 is 2.46 bits per heavy atom. The maximum absolute atomic E-state index is 13.3. The Kier molecular flexibility index (Phi) is 8.07. The summed E-state index contributed by atoms with van der Waals surface area (Å²) in [6.45, 7) is 5.14. The van der Waals surface area contributed by atoms with Gasteiger partial charge >= 0.3 is 0 Å². The number of amides is 2. The topological polar surface area (TPSA) is 114 Å². The molecule has 216 valence electrons. The number of nitrogens with one attached hydrogen (secondary N) is 1. The average Bonchev–Trinajstić information content (AvgIpc) is 3.76. The lowest BCUT2D eigenvalue weighted by atomic mass is 9.90. The summed E-state index contributed by atoms with van der Waals surface area (Å²) >= 11 is 0. The summed E-state index contributed by atoms with van der Waals surface area (Å²) in [7, 11) is 0. The van der Waals surface area contributed by atoms with Crippen LogP contribution in [0.3, 0.4) is 0 Å². The van der Waals surface area contributed by atoms with Crippen molar-refractivity contribution in [2.45, 2.75) is 64.1 Å². The van der Waals surface area contributed by atoms with Crippen molar-refractivity contribution in [1.29, 1.82) is 0 Å². The molecular formula is C32H39N5O4. The molecule has 1 aliphatic heterocycles. The van der Waals surface area contributed by atoms with E-state index in [2.05, 4.69) is 50.6 Å². The number of nitrogens with two attached hydrogens (primary N) is 1. The normalized spacial score (nSPS) is 21.0. The average molecular weight is 558 g/mol. The fourth-order valence-electron chi connectivity index (χ4n) is 5.97. The van der Waals surface area contributed by atoms with Crippen molar-refractivity contribution in [3.63, 3.8) is 0 Å². The molecule has 3 fully saturated rings. The Hall–Kier alpha value is -3.69. The van der Waals surface area contributed by atoms with Crippen LogP contribution in [0.25, 0.3) is 11.1 Å². The molecule has 9 nitrogen and oxygen atoms in total. The lowest BCUT2D eigenvalue weighted by molar-refractivity contribution is -0.136. The van der Waals surface area contributed by atoms with Gasteiger partial charge in [-0.3, -0.25) is 9.59 Å².